The third-order valence-electron chi connectivity index (χ3n) is 3.78. The van der Waals surface area contributed by atoms with Crippen molar-refractivity contribution in [1.82, 2.24) is 4.90 Å². The Labute approximate surface area is 93.3 Å². The van der Waals surface area contributed by atoms with Crippen LogP contribution in [0.2, 0.25) is 0 Å². The minimum atomic E-state index is 0.353. The predicted octanol–water partition coefficient (Wildman–Crippen LogP) is 2.60. The zero-order chi connectivity index (χ0) is 10.9. The first kappa shape index (κ1) is 11.2. The molecule has 2 aliphatic rings. The smallest absolute Gasteiger partial charge is 0.0657 e. The summed E-state index contributed by atoms with van der Waals surface area (Å²) in [5.74, 6) is 0. The maximum atomic E-state index is 5.85. The van der Waals surface area contributed by atoms with E-state index in [0.717, 1.165) is 6.61 Å². The van der Waals surface area contributed by atoms with Crippen molar-refractivity contribution in [3.05, 3.63) is 11.6 Å². The Kier molecular flexibility index (Phi) is 3.17. The van der Waals surface area contributed by atoms with Crippen molar-refractivity contribution in [1.29, 1.82) is 0 Å². The number of rotatable bonds is 3. The molecule has 2 heteroatoms. The highest BCUT2D eigenvalue weighted by Crippen LogP contribution is 2.41. The molecule has 2 rings (SSSR count). The molecule has 1 unspecified atom stereocenters. The third-order valence-corrected chi connectivity index (χ3v) is 3.78. The van der Waals surface area contributed by atoms with Crippen molar-refractivity contribution in [3.8, 4) is 0 Å². The van der Waals surface area contributed by atoms with Gasteiger partial charge in [-0.15, -0.1) is 0 Å². The van der Waals surface area contributed by atoms with E-state index in [2.05, 4.69) is 31.7 Å². The van der Waals surface area contributed by atoms with Gasteiger partial charge in [-0.05, 0) is 46.6 Å². The molecule has 0 aromatic carbocycles. The van der Waals surface area contributed by atoms with Crippen LogP contribution in [0.3, 0.4) is 0 Å². The standard InChI is InChI=1S/C13H23NO/c1-4-12-8-13(10-15-11(2)3)6-5-7-14(13)9-12/h4,11H,5-10H2,1-3H3/b12-4-. The van der Waals surface area contributed by atoms with Gasteiger partial charge in [0.1, 0.15) is 0 Å². The summed E-state index contributed by atoms with van der Waals surface area (Å²) in [5, 5.41) is 0. The summed E-state index contributed by atoms with van der Waals surface area (Å²) >= 11 is 0. The first-order chi connectivity index (χ1) is 7.16. The van der Waals surface area contributed by atoms with Gasteiger partial charge in [-0.2, -0.15) is 0 Å². The van der Waals surface area contributed by atoms with Gasteiger partial charge in [0.2, 0.25) is 0 Å². The molecule has 0 N–H and O–H groups in total. The lowest BCUT2D eigenvalue weighted by Crippen LogP contribution is -2.43. The van der Waals surface area contributed by atoms with E-state index < -0.39 is 0 Å². The second kappa shape index (κ2) is 4.26. The normalized spacial score (nSPS) is 34.3. The van der Waals surface area contributed by atoms with Crippen molar-refractivity contribution in [2.45, 2.75) is 51.7 Å². The van der Waals surface area contributed by atoms with Crippen LogP contribution in [0.1, 0.15) is 40.0 Å². The second-order valence-corrected chi connectivity index (χ2v) is 5.23. The van der Waals surface area contributed by atoms with Crippen LogP contribution >= 0.6 is 0 Å². The van der Waals surface area contributed by atoms with E-state index >= 15 is 0 Å². The molecule has 2 fully saturated rings. The van der Waals surface area contributed by atoms with E-state index in [1.54, 1.807) is 5.57 Å². The van der Waals surface area contributed by atoms with Crippen molar-refractivity contribution in [2.24, 2.45) is 0 Å². The van der Waals surface area contributed by atoms with Gasteiger partial charge >= 0.3 is 0 Å². The zero-order valence-corrected chi connectivity index (χ0v) is 10.3. The Balaban J connectivity index is 2.04. The fraction of sp³-hybridized carbons (Fsp3) is 0.846. The average Bonchev–Trinajstić information content (AvgIpc) is 2.70. The fourth-order valence-electron chi connectivity index (χ4n) is 2.89. The highest BCUT2D eigenvalue weighted by molar-refractivity contribution is 5.20. The van der Waals surface area contributed by atoms with Gasteiger partial charge in [0.05, 0.1) is 12.7 Å². The highest BCUT2D eigenvalue weighted by atomic mass is 16.5. The Morgan fingerprint density at radius 1 is 1.53 bits per heavy atom. The van der Waals surface area contributed by atoms with E-state index in [4.69, 9.17) is 4.74 Å². The van der Waals surface area contributed by atoms with Crippen LogP contribution in [-0.2, 0) is 4.74 Å². The molecule has 0 aromatic heterocycles. The summed E-state index contributed by atoms with van der Waals surface area (Å²) in [4.78, 5) is 2.63. The van der Waals surface area contributed by atoms with Gasteiger partial charge < -0.3 is 4.74 Å². The van der Waals surface area contributed by atoms with Crippen LogP contribution in [0.25, 0.3) is 0 Å². The maximum Gasteiger partial charge on any atom is 0.0657 e. The van der Waals surface area contributed by atoms with Crippen LogP contribution < -0.4 is 0 Å². The molecule has 86 valence electrons. The van der Waals surface area contributed by atoms with Gasteiger partial charge in [0.15, 0.2) is 0 Å². The van der Waals surface area contributed by atoms with E-state index in [1.165, 1.54) is 32.4 Å². The van der Waals surface area contributed by atoms with Gasteiger partial charge in [0.25, 0.3) is 0 Å². The number of nitrogens with zero attached hydrogens (tertiary/aromatic N) is 1. The first-order valence-electron chi connectivity index (χ1n) is 6.17. The number of hydrogen-bond donors (Lipinski definition) is 0. The van der Waals surface area contributed by atoms with Gasteiger partial charge in [-0.25, -0.2) is 0 Å². The summed E-state index contributed by atoms with van der Waals surface area (Å²) in [7, 11) is 0. The van der Waals surface area contributed by atoms with Crippen LogP contribution in [0, 0.1) is 0 Å². The largest absolute Gasteiger partial charge is 0.377 e. The topological polar surface area (TPSA) is 12.5 Å². The molecule has 0 aliphatic carbocycles. The molecule has 2 aliphatic heterocycles. The molecule has 2 nitrogen and oxygen atoms in total. The van der Waals surface area contributed by atoms with Crippen LogP contribution in [0.5, 0.6) is 0 Å². The van der Waals surface area contributed by atoms with Crippen molar-refractivity contribution >= 4 is 0 Å². The van der Waals surface area contributed by atoms with Crippen molar-refractivity contribution in [2.75, 3.05) is 19.7 Å². The maximum absolute atomic E-state index is 5.85. The monoisotopic (exact) mass is 209 g/mol. The lowest BCUT2D eigenvalue weighted by Gasteiger charge is -2.32. The Morgan fingerprint density at radius 2 is 2.33 bits per heavy atom. The lowest BCUT2D eigenvalue weighted by molar-refractivity contribution is 0.00329. The lowest BCUT2D eigenvalue weighted by atomic mass is 9.93. The van der Waals surface area contributed by atoms with E-state index in [-0.39, 0.29) is 0 Å². The van der Waals surface area contributed by atoms with Crippen LogP contribution in [0.4, 0.5) is 0 Å². The molecule has 2 saturated heterocycles. The summed E-state index contributed by atoms with van der Waals surface area (Å²) in [6.45, 7) is 9.77. The van der Waals surface area contributed by atoms with Crippen LogP contribution in [0.15, 0.2) is 11.6 Å². The average molecular weight is 209 g/mol. The quantitative estimate of drug-likeness (QED) is 0.662. The number of ether oxygens (including phenoxy) is 1. The van der Waals surface area contributed by atoms with E-state index in [9.17, 15) is 0 Å². The predicted molar refractivity (Wildman–Crippen MR) is 63.0 cm³/mol. The number of fused-ring (bicyclic) bond motifs is 1. The molecule has 0 spiro atoms. The molecule has 0 bridgehead atoms. The summed E-state index contributed by atoms with van der Waals surface area (Å²) in [6, 6.07) is 0. The minimum Gasteiger partial charge on any atom is -0.377 e. The van der Waals surface area contributed by atoms with Gasteiger partial charge in [0, 0.05) is 12.1 Å². The minimum absolute atomic E-state index is 0.353. The highest BCUT2D eigenvalue weighted by Gasteiger charge is 2.46. The molecule has 0 aromatic rings. The number of hydrogen-bond acceptors (Lipinski definition) is 2. The SMILES string of the molecule is C/C=C1\CN2CCCC2(COC(C)C)C1. The summed E-state index contributed by atoms with van der Waals surface area (Å²) in [6.07, 6.45) is 6.54. The van der Waals surface area contributed by atoms with Gasteiger partial charge in [-0.1, -0.05) is 11.6 Å². The van der Waals surface area contributed by atoms with Crippen molar-refractivity contribution in [3.63, 3.8) is 0 Å². The molecule has 0 amide bonds. The Hall–Kier alpha value is -0.340. The molecule has 2 heterocycles. The fourth-order valence-corrected chi connectivity index (χ4v) is 2.89. The molecule has 1 atom stereocenters. The first-order valence-corrected chi connectivity index (χ1v) is 6.17. The van der Waals surface area contributed by atoms with E-state index in [0.29, 0.717) is 11.6 Å². The van der Waals surface area contributed by atoms with Crippen LogP contribution in [-0.4, -0.2) is 36.2 Å². The molecular weight excluding hydrogens is 186 g/mol. The van der Waals surface area contributed by atoms with Gasteiger partial charge in [-0.3, -0.25) is 4.90 Å². The molecule has 0 radical (unpaired) electrons. The summed E-state index contributed by atoms with van der Waals surface area (Å²) < 4.78 is 5.85. The van der Waals surface area contributed by atoms with E-state index in [1.807, 2.05) is 0 Å². The Bertz CT molecular complexity index is 259. The molecular formula is C13H23NO. The molecule has 15 heavy (non-hydrogen) atoms. The Morgan fingerprint density at radius 3 is 3.00 bits per heavy atom. The summed E-state index contributed by atoms with van der Waals surface area (Å²) in [5.41, 5.74) is 1.95. The molecule has 0 saturated carbocycles. The zero-order valence-electron chi connectivity index (χ0n) is 10.3. The third kappa shape index (κ3) is 2.11. The van der Waals surface area contributed by atoms with Crippen molar-refractivity contribution < 1.29 is 4.74 Å². The second-order valence-electron chi connectivity index (χ2n) is 5.23. The number of allylic oxidation sites excluding steroid dienone is 1.